The molecule has 1 saturated heterocycles. The van der Waals surface area contributed by atoms with Gasteiger partial charge in [-0.25, -0.2) is 4.79 Å². The maximum Gasteiger partial charge on any atom is 0.334 e. The Labute approximate surface area is 134 Å². The number of nitriles is 1. The molecule has 0 aromatic heterocycles. The van der Waals surface area contributed by atoms with Crippen molar-refractivity contribution < 1.29 is 14.3 Å². The first-order valence-corrected chi connectivity index (χ1v) is 7.18. The molecule has 114 valence electrons. The van der Waals surface area contributed by atoms with Gasteiger partial charge in [0, 0.05) is 5.57 Å². The standard InChI is InChI=1S/C19H15NO3/c1-12-17(14-8-6-13(11-20)7-9-14)18(23-19(12)21)15-4-3-5-16(10-15)22-2/h3-10,17-18H,1H2,2H3/t17-,18+/m0/s1. The first kappa shape index (κ1) is 14.9. The molecule has 1 aliphatic heterocycles. The van der Waals surface area contributed by atoms with Crippen molar-refractivity contribution in [2.75, 3.05) is 7.11 Å². The van der Waals surface area contributed by atoms with Gasteiger partial charge >= 0.3 is 5.97 Å². The van der Waals surface area contributed by atoms with Crippen LogP contribution in [0.1, 0.15) is 28.7 Å². The lowest BCUT2D eigenvalue weighted by Crippen LogP contribution is -2.07. The molecule has 3 rings (SSSR count). The number of methoxy groups -OCH3 is 1. The number of rotatable bonds is 3. The Hall–Kier alpha value is -3.06. The topological polar surface area (TPSA) is 59.3 Å². The highest BCUT2D eigenvalue weighted by molar-refractivity contribution is 5.92. The Bertz CT molecular complexity index is 802. The van der Waals surface area contributed by atoms with E-state index < -0.39 is 12.1 Å². The minimum Gasteiger partial charge on any atom is -0.497 e. The molecule has 0 spiro atoms. The molecule has 0 aliphatic carbocycles. The van der Waals surface area contributed by atoms with Crippen LogP contribution in [0.5, 0.6) is 5.75 Å². The molecule has 0 N–H and O–H groups in total. The molecular weight excluding hydrogens is 290 g/mol. The number of nitrogens with zero attached hydrogens (tertiary/aromatic N) is 1. The number of cyclic esters (lactones) is 1. The number of ether oxygens (including phenoxy) is 2. The molecule has 0 radical (unpaired) electrons. The van der Waals surface area contributed by atoms with Crippen molar-refractivity contribution in [2.45, 2.75) is 12.0 Å². The van der Waals surface area contributed by atoms with Crippen LogP contribution in [-0.2, 0) is 9.53 Å². The van der Waals surface area contributed by atoms with Gasteiger partial charge in [-0.15, -0.1) is 0 Å². The summed E-state index contributed by atoms with van der Waals surface area (Å²) < 4.78 is 10.8. The Balaban J connectivity index is 2.02. The van der Waals surface area contributed by atoms with Crippen molar-refractivity contribution in [2.24, 2.45) is 0 Å². The minimum atomic E-state index is -0.446. The maximum absolute atomic E-state index is 12.0. The van der Waals surface area contributed by atoms with Crippen LogP contribution >= 0.6 is 0 Å². The average Bonchev–Trinajstić information content (AvgIpc) is 2.90. The number of carbonyl (C=O) groups is 1. The largest absolute Gasteiger partial charge is 0.497 e. The highest BCUT2D eigenvalue weighted by Crippen LogP contribution is 2.45. The summed E-state index contributed by atoms with van der Waals surface area (Å²) in [5.74, 6) is 0.0316. The van der Waals surface area contributed by atoms with Gasteiger partial charge in [-0.2, -0.15) is 5.26 Å². The van der Waals surface area contributed by atoms with Gasteiger partial charge in [-0.3, -0.25) is 0 Å². The van der Waals surface area contributed by atoms with E-state index in [0.717, 1.165) is 11.1 Å². The quantitative estimate of drug-likeness (QED) is 0.643. The van der Waals surface area contributed by atoms with E-state index in [-0.39, 0.29) is 5.92 Å². The van der Waals surface area contributed by atoms with Crippen LogP contribution in [0.3, 0.4) is 0 Å². The van der Waals surface area contributed by atoms with E-state index in [0.29, 0.717) is 16.9 Å². The number of benzene rings is 2. The third-order valence-corrected chi connectivity index (χ3v) is 4.00. The number of carbonyl (C=O) groups excluding carboxylic acids is 1. The Morgan fingerprint density at radius 2 is 1.91 bits per heavy atom. The molecule has 4 heteroatoms. The Morgan fingerprint density at radius 3 is 2.57 bits per heavy atom. The van der Waals surface area contributed by atoms with Gasteiger partial charge in [0.05, 0.1) is 24.7 Å². The van der Waals surface area contributed by atoms with Crippen molar-refractivity contribution in [1.82, 2.24) is 0 Å². The summed E-state index contributed by atoms with van der Waals surface area (Å²) in [5.41, 5.74) is 2.74. The van der Waals surface area contributed by atoms with Crippen LogP contribution in [0, 0.1) is 11.3 Å². The Kier molecular flexibility index (Phi) is 3.86. The van der Waals surface area contributed by atoms with Crippen LogP contribution in [-0.4, -0.2) is 13.1 Å². The third-order valence-electron chi connectivity index (χ3n) is 4.00. The molecule has 1 fully saturated rings. The van der Waals surface area contributed by atoms with Crippen molar-refractivity contribution >= 4 is 5.97 Å². The van der Waals surface area contributed by atoms with Crippen LogP contribution in [0.25, 0.3) is 0 Å². The summed E-state index contributed by atoms with van der Waals surface area (Å²) in [6, 6.07) is 16.7. The van der Waals surface area contributed by atoms with E-state index in [1.807, 2.05) is 36.4 Å². The number of hydrogen-bond acceptors (Lipinski definition) is 4. The minimum absolute atomic E-state index is 0.276. The molecule has 23 heavy (non-hydrogen) atoms. The fourth-order valence-corrected chi connectivity index (χ4v) is 2.79. The van der Waals surface area contributed by atoms with E-state index in [2.05, 4.69) is 12.6 Å². The van der Waals surface area contributed by atoms with Gasteiger partial charge in [0.25, 0.3) is 0 Å². The van der Waals surface area contributed by atoms with E-state index in [1.165, 1.54) is 0 Å². The highest BCUT2D eigenvalue weighted by Gasteiger charge is 2.40. The fraction of sp³-hybridized carbons (Fsp3) is 0.158. The smallest absolute Gasteiger partial charge is 0.334 e. The summed E-state index contributed by atoms with van der Waals surface area (Å²) in [6.45, 7) is 3.88. The number of esters is 1. The molecule has 2 aromatic carbocycles. The molecule has 4 nitrogen and oxygen atoms in total. The zero-order chi connectivity index (χ0) is 16.4. The number of hydrogen-bond donors (Lipinski definition) is 0. The van der Waals surface area contributed by atoms with Crippen molar-refractivity contribution in [1.29, 1.82) is 5.26 Å². The lowest BCUT2D eigenvalue weighted by atomic mass is 9.86. The van der Waals surface area contributed by atoms with Crippen molar-refractivity contribution in [3.8, 4) is 11.8 Å². The van der Waals surface area contributed by atoms with Gasteiger partial charge in [-0.1, -0.05) is 30.8 Å². The molecule has 0 saturated carbocycles. The van der Waals surface area contributed by atoms with Crippen LogP contribution < -0.4 is 4.74 Å². The second kappa shape index (κ2) is 5.98. The van der Waals surface area contributed by atoms with E-state index in [9.17, 15) is 4.79 Å². The monoisotopic (exact) mass is 305 g/mol. The molecule has 0 bridgehead atoms. The van der Waals surface area contributed by atoms with Crippen LogP contribution in [0.2, 0.25) is 0 Å². The van der Waals surface area contributed by atoms with E-state index >= 15 is 0 Å². The summed E-state index contributed by atoms with van der Waals surface area (Å²) in [6.07, 6.45) is -0.446. The van der Waals surface area contributed by atoms with E-state index in [4.69, 9.17) is 14.7 Å². The van der Waals surface area contributed by atoms with Gasteiger partial charge in [0.15, 0.2) is 0 Å². The molecule has 2 aromatic rings. The predicted molar refractivity (Wildman–Crippen MR) is 84.9 cm³/mol. The lowest BCUT2D eigenvalue weighted by Gasteiger charge is -2.19. The fourth-order valence-electron chi connectivity index (χ4n) is 2.79. The maximum atomic E-state index is 12.0. The normalized spacial score (nSPS) is 20.0. The van der Waals surface area contributed by atoms with E-state index in [1.54, 1.807) is 19.2 Å². The molecule has 2 atom stereocenters. The summed E-state index contributed by atoms with van der Waals surface area (Å²) >= 11 is 0. The van der Waals surface area contributed by atoms with Crippen molar-refractivity contribution in [3.05, 3.63) is 77.4 Å². The first-order chi connectivity index (χ1) is 11.1. The van der Waals surface area contributed by atoms with Crippen LogP contribution in [0.4, 0.5) is 0 Å². The SMILES string of the molecule is C=C1C(=O)O[C@H](c2cccc(OC)c2)[C@@H]1c1ccc(C#N)cc1. The Morgan fingerprint density at radius 1 is 1.17 bits per heavy atom. The average molecular weight is 305 g/mol. The molecule has 0 unspecified atom stereocenters. The highest BCUT2D eigenvalue weighted by atomic mass is 16.6. The molecule has 1 aliphatic rings. The summed E-state index contributed by atoms with van der Waals surface area (Å²) in [5, 5.41) is 8.92. The summed E-state index contributed by atoms with van der Waals surface area (Å²) in [4.78, 5) is 12.0. The predicted octanol–water partition coefficient (Wildman–Crippen LogP) is 3.50. The second-order valence-corrected chi connectivity index (χ2v) is 5.34. The van der Waals surface area contributed by atoms with Gasteiger partial charge < -0.3 is 9.47 Å². The lowest BCUT2D eigenvalue weighted by molar-refractivity contribution is -0.139. The second-order valence-electron chi connectivity index (χ2n) is 5.34. The molecule has 1 heterocycles. The zero-order valence-corrected chi connectivity index (χ0v) is 12.7. The van der Waals surface area contributed by atoms with Crippen molar-refractivity contribution in [3.63, 3.8) is 0 Å². The van der Waals surface area contributed by atoms with Gasteiger partial charge in [0.2, 0.25) is 0 Å². The van der Waals surface area contributed by atoms with Crippen LogP contribution in [0.15, 0.2) is 60.7 Å². The van der Waals surface area contributed by atoms with Gasteiger partial charge in [-0.05, 0) is 35.4 Å². The van der Waals surface area contributed by atoms with Gasteiger partial charge in [0.1, 0.15) is 11.9 Å². The molecular formula is C19H15NO3. The molecule has 0 amide bonds. The third kappa shape index (κ3) is 2.69. The first-order valence-electron chi connectivity index (χ1n) is 7.18. The summed E-state index contributed by atoms with van der Waals surface area (Å²) in [7, 11) is 1.59. The zero-order valence-electron chi connectivity index (χ0n) is 12.7.